The number of aromatic nitrogens is 1. The largest absolute Gasteiger partial charge is 0.308 e. The molecule has 3 rings (SSSR count). The van der Waals surface area contributed by atoms with E-state index in [1.54, 1.807) is 0 Å². The number of aryl methyl sites for hydroxylation is 1. The first-order valence-corrected chi connectivity index (χ1v) is 10.1. The van der Waals surface area contributed by atoms with Crippen molar-refractivity contribution in [3.8, 4) is 0 Å². The second-order valence-electron chi connectivity index (χ2n) is 7.69. The summed E-state index contributed by atoms with van der Waals surface area (Å²) in [6.45, 7) is 9.89. The fraction of sp³-hybridized carbons (Fsp3) is 0.522. The molecule has 1 aliphatic rings. The molecule has 0 spiro atoms. The van der Waals surface area contributed by atoms with E-state index in [0.29, 0.717) is 12.1 Å². The van der Waals surface area contributed by atoms with Crippen LogP contribution >= 0.6 is 0 Å². The van der Waals surface area contributed by atoms with Crippen LogP contribution in [0, 0.1) is 6.92 Å². The maximum atomic E-state index is 4.69. The topological polar surface area (TPSA) is 28.2 Å². The van der Waals surface area contributed by atoms with Crippen LogP contribution in [0.1, 0.15) is 61.5 Å². The lowest BCUT2D eigenvalue weighted by Gasteiger charge is -2.35. The zero-order chi connectivity index (χ0) is 18.4. The Hall–Kier alpha value is -1.71. The number of benzene rings is 1. The van der Waals surface area contributed by atoms with Crippen LogP contribution in [0.5, 0.6) is 0 Å². The number of pyridine rings is 1. The standard InChI is InChI=1S/C23H33N3/c1-4-5-8-13-26(19(3)23-12-11-18(2)15-25-23)17-22-14-20-9-6-7-10-21(20)16-24-22/h6-7,9-12,15,19,22,24H,4-5,8,13-14,16-17H2,1-3H3/t19-,22+/m0/s1. The Morgan fingerprint density at radius 2 is 1.96 bits per heavy atom. The minimum atomic E-state index is 0.353. The fourth-order valence-corrected chi connectivity index (χ4v) is 3.85. The maximum absolute atomic E-state index is 4.69. The summed E-state index contributed by atoms with van der Waals surface area (Å²) < 4.78 is 0. The average Bonchev–Trinajstić information content (AvgIpc) is 2.67. The summed E-state index contributed by atoms with van der Waals surface area (Å²) >= 11 is 0. The van der Waals surface area contributed by atoms with E-state index in [9.17, 15) is 0 Å². The summed E-state index contributed by atoms with van der Waals surface area (Å²) in [7, 11) is 0. The van der Waals surface area contributed by atoms with Crippen LogP contribution in [0.25, 0.3) is 0 Å². The monoisotopic (exact) mass is 351 g/mol. The van der Waals surface area contributed by atoms with Crippen molar-refractivity contribution in [2.75, 3.05) is 13.1 Å². The zero-order valence-corrected chi connectivity index (χ0v) is 16.5. The first-order valence-electron chi connectivity index (χ1n) is 10.1. The molecule has 3 heteroatoms. The van der Waals surface area contributed by atoms with Gasteiger partial charge in [-0.25, -0.2) is 0 Å². The Kier molecular flexibility index (Phi) is 6.81. The summed E-state index contributed by atoms with van der Waals surface area (Å²) in [5, 5.41) is 3.75. The molecule has 0 saturated heterocycles. The SMILES string of the molecule is CCCCCN(C[C@H]1Cc2ccccc2CN1)[C@@H](C)c1ccc(C)cn1. The van der Waals surface area contributed by atoms with Crippen LogP contribution < -0.4 is 5.32 Å². The molecule has 3 nitrogen and oxygen atoms in total. The number of nitrogens with zero attached hydrogens (tertiary/aromatic N) is 2. The lowest BCUT2D eigenvalue weighted by molar-refractivity contribution is 0.177. The van der Waals surface area contributed by atoms with Crippen molar-refractivity contribution in [3.05, 3.63) is 65.0 Å². The molecule has 0 aliphatic carbocycles. The van der Waals surface area contributed by atoms with Crippen LogP contribution in [-0.4, -0.2) is 29.0 Å². The van der Waals surface area contributed by atoms with E-state index in [1.165, 1.54) is 41.6 Å². The van der Waals surface area contributed by atoms with Gasteiger partial charge in [0.25, 0.3) is 0 Å². The van der Waals surface area contributed by atoms with Gasteiger partial charge in [0.1, 0.15) is 0 Å². The van der Waals surface area contributed by atoms with Gasteiger partial charge in [-0.3, -0.25) is 9.88 Å². The van der Waals surface area contributed by atoms with Crippen molar-refractivity contribution in [2.45, 2.75) is 65.1 Å². The Balaban J connectivity index is 1.68. The molecule has 0 bridgehead atoms. The molecular weight excluding hydrogens is 318 g/mol. The molecule has 0 radical (unpaired) electrons. The van der Waals surface area contributed by atoms with Gasteiger partial charge in [-0.05, 0) is 56.0 Å². The smallest absolute Gasteiger partial charge is 0.0572 e. The summed E-state index contributed by atoms with van der Waals surface area (Å²) in [6, 6.07) is 14.1. The Morgan fingerprint density at radius 3 is 2.69 bits per heavy atom. The highest BCUT2D eigenvalue weighted by Crippen LogP contribution is 2.22. The van der Waals surface area contributed by atoms with Gasteiger partial charge in [0.05, 0.1) is 5.69 Å². The predicted molar refractivity (Wildman–Crippen MR) is 109 cm³/mol. The Labute approximate surface area is 158 Å². The molecular formula is C23H33N3. The van der Waals surface area contributed by atoms with Crippen molar-refractivity contribution < 1.29 is 0 Å². The molecule has 1 aromatic carbocycles. The van der Waals surface area contributed by atoms with Gasteiger partial charge in [0.15, 0.2) is 0 Å². The van der Waals surface area contributed by atoms with E-state index in [2.05, 4.69) is 67.4 Å². The van der Waals surface area contributed by atoms with Crippen molar-refractivity contribution >= 4 is 0 Å². The van der Waals surface area contributed by atoms with Crippen molar-refractivity contribution in [1.29, 1.82) is 0 Å². The van der Waals surface area contributed by atoms with Crippen LogP contribution in [0.15, 0.2) is 42.6 Å². The van der Waals surface area contributed by atoms with Gasteiger partial charge in [0, 0.05) is 31.4 Å². The molecule has 0 amide bonds. The molecule has 2 heterocycles. The van der Waals surface area contributed by atoms with Crippen molar-refractivity contribution in [3.63, 3.8) is 0 Å². The van der Waals surface area contributed by atoms with Crippen LogP contribution in [-0.2, 0) is 13.0 Å². The van der Waals surface area contributed by atoms with Gasteiger partial charge in [0.2, 0.25) is 0 Å². The quantitative estimate of drug-likeness (QED) is 0.701. The number of hydrogen-bond acceptors (Lipinski definition) is 3. The minimum absolute atomic E-state index is 0.353. The molecule has 0 unspecified atom stereocenters. The second kappa shape index (κ2) is 9.29. The Morgan fingerprint density at radius 1 is 1.15 bits per heavy atom. The highest BCUT2D eigenvalue weighted by Gasteiger charge is 2.23. The van der Waals surface area contributed by atoms with Gasteiger partial charge < -0.3 is 5.32 Å². The maximum Gasteiger partial charge on any atom is 0.0572 e. The number of unbranched alkanes of at least 4 members (excludes halogenated alkanes) is 2. The average molecular weight is 352 g/mol. The normalized spacial score (nSPS) is 17.9. The van der Waals surface area contributed by atoms with Gasteiger partial charge in [-0.2, -0.15) is 0 Å². The second-order valence-corrected chi connectivity index (χ2v) is 7.69. The van der Waals surface area contributed by atoms with Crippen LogP contribution in [0.2, 0.25) is 0 Å². The predicted octanol–water partition coefficient (Wildman–Crippen LogP) is 4.66. The first-order chi connectivity index (χ1) is 12.7. The third kappa shape index (κ3) is 4.93. The first kappa shape index (κ1) is 19.1. The van der Waals surface area contributed by atoms with Gasteiger partial charge >= 0.3 is 0 Å². The number of nitrogens with one attached hydrogen (secondary N) is 1. The molecule has 2 atom stereocenters. The summed E-state index contributed by atoms with van der Waals surface area (Å²) in [4.78, 5) is 7.32. The van der Waals surface area contributed by atoms with Crippen molar-refractivity contribution in [1.82, 2.24) is 15.2 Å². The zero-order valence-electron chi connectivity index (χ0n) is 16.5. The molecule has 2 aromatic rings. The van der Waals surface area contributed by atoms with E-state index in [-0.39, 0.29) is 0 Å². The fourth-order valence-electron chi connectivity index (χ4n) is 3.85. The third-order valence-corrected chi connectivity index (χ3v) is 5.58. The van der Waals surface area contributed by atoms with Crippen LogP contribution in [0.4, 0.5) is 0 Å². The molecule has 1 N–H and O–H groups in total. The third-order valence-electron chi connectivity index (χ3n) is 5.58. The number of fused-ring (bicyclic) bond motifs is 1. The molecule has 0 fully saturated rings. The van der Waals surface area contributed by atoms with Crippen LogP contribution in [0.3, 0.4) is 0 Å². The summed E-state index contributed by atoms with van der Waals surface area (Å²) in [5.41, 5.74) is 5.37. The van der Waals surface area contributed by atoms with Gasteiger partial charge in [-0.15, -0.1) is 0 Å². The van der Waals surface area contributed by atoms with E-state index in [0.717, 1.165) is 26.1 Å². The summed E-state index contributed by atoms with van der Waals surface area (Å²) in [5.74, 6) is 0. The van der Waals surface area contributed by atoms with E-state index in [1.807, 2.05) is 6.20 Å². The van der Waals surface area contributed by atoms with E-state index in [4.69, 9.17) is 4.98 Å². The highest BCUT2D eigenvalue weighted by atomic mass is 15.2. The number of hydrogen-bond donors (Lipinski definition) is 1. The van der Waals surface area contributed by atoms with E-state index >= 15 is 0 Å². The lowest BCUT2D eigenvalue weighted by Crippen LogP contribution is -2.45. The molecule has 1 aliphatic heterocycles. The van der Waals surface area contributed by atoms with Crippen molar-refractivity contribution in [2.24, 2.45) is 0 Å². The lowest BCUT2D eigenvalue weighted by atomic mass is 9.95. The molecule has 0 saturated carbocycles. The highest BCUT2D eigenvalue weighted by molar-refractivity contribution is 5.30. The molecule has 26 heavy (non-hydrogen) atoms. The molecule has 140 valence electrons. The summed E-state index contributed by atoms with van der Waals surface area (Å²) in [6.07, 6.45) is 6.93. The number of rotatable bonds is 8. The van der Waals surface area contributed by atoms with Gasteiger partial charge in [-0.1, -0.05) is 50.1 Å². The Bertz CT molecular complexity index is 680. The molecule has 1 aromatic heterocycles. The minimum Gasteiger partial charge on any atom is -0.308 e. The van der Waals surface area contributed by atoms with E-state index < -0.39 is 0 Å².